The van der Waals surface area contributed by atoms with Crippen LogP contribution in [0.15, 0.2) is 47.4 Å². The molecule has 2 aromatic rings. The standard InChI is InChI=1S/C14H11Cl2NO2S/c15-9-6-11(16)14(19)12(7-9)17-13(18)8-20-10-4-2-1-3-5-10/h1-7,19H,8H2,(H,17,18). The number of amides is 1. The predicted molar refractivity (Wildman–Crippen MR) is 83.9 cm³/mol. The molecule has 6 heteroatoms. The number of carbonyl (C=O) groups is 1. The molecule has 0 fully saturated rings. The van der Waals surface area contributed by atoms with Crippen LogP contribution in [0.3, 0.4) is 0 Å². The minimum atomic E-state index is -0.243. The molecule has 20 heavy (non-hydrogen) atoms. The van der Waals surface area contributed by atoms with Gasteiger partial charge in [0.05, 0.1) is 16.5 Å². The van der Waals surface area contributed by atoms with Crippen molar-refractivity contribution in [3.05, 3.63) is 52.5 Å². The van der Waals surface area contributed by atoms with Crippen molar-refractivity contribution in [2.24, 2.45) is 0 Å². The molecule has 0 unspecified atom stereocenters. The molecule has 0 aliphatic carbocycles. The molecule has 0 aromatic heterocycles. The van der Waals surface area contributed by atoms with Gasteiger partial charge in [0.25, 0.3) is 0 Å². The van der Waals surface area contributed by atoms with E-state index in [0.717, 1.165) is 4.90 Å². The maximum absolute atomic E-state index is 11.8. The van der Waals surface area contributed by atoms with E-state index in [2.05, 4.69) is 5.32 Å². The Labute approximate surface area is 130 Å². The van der Waals surface area contributed by atoms with Crippen LogP contribution in [0.1, 0.15) is 0 Å². The molecule has 104 valence electrons. The lowest BCUT2D eigenvalue weighted by atomic mass is 10.3. The largest absolute Gasteiger partial charge is 0.504 e. The number of hydrogen-bond acceptors (Lipinski definition) is 3. The molecule has 0 atom stereocenters. The van der Waals surface area contributed by atoms with E-state index in [1.165, 1.54) is 23.9 Å². The Hall–Kier alpha value is -1.36. The number of hydrogen-bond donors (Lipinski definition) is 2. The number of carbonyl (C=O) groups excluding carboxylic acids is 1. The highest BCUT2D eigenvalue weighted by atomic mass is 35.5. The molecule has 0 spiro atoms. The van der Waals surface area contributed by atoms with Gasteiger partial charge in [0.2, 0.25) is 5.91 Å². The summed E-state index contributed by atoms with van der Waals surface area (Å²) in [7, 11) is 0. The van der Waals surface area contributed by atoms with Crippen LogP contribution >= 0.6 is 35.0 Å². The molecule has 1 amide bonds. The Balaban J connectivity index is 1.98. The molecular weight excluding hydrogens is 317 g/mol. The summed E-state index contributed by atoms with van der Waals surface area (Å²) in [5.41, 5.74) is 0.209. The Morgan fingerprint density at radius 2 is 1.90 bits per heavy atom. The van der Waals surface area contributed by atoms with Gasteiger partial charge in [-0.3, -0.25) is 4.79 Å². The third-order valence-electron chi connectivity index (χ3n) is 2.42. The van der Waals surface area contributed by atoms with Gasteiger partial charge in [-0.05, 0) is 24.3 Å². The van der Waals surface area contributed by atoms with Gasteiger partial charge in [0.1, 0.15) is 0 Å². The molecule has 0 saturated heterocycles. The van der Waals surface area contributed by atoms with Crippen molar-refractivity contribution in [1.29, 1.82) is 0 Å². The zero-order chi connectivity index (χ0) is 14.5. The van der Waals surface area contributed by atoms with Crippen LogP contribution in [0, 0.1) is 0 Å². The summed E-state index contributed by atoms with van der Waals surface area (Å²) in [5.74, 6) is -0.199. The van der Waals surface area contributed by atoms with Crippen molar-refractivity contribution in [3.63, 3.8) is 0 Å². The molecular formula is C14H11Cl2NO2S. The Morgan fingerprint density at radius 3 is 2.60 bits per heavy atom. The number of phenols is 1. The second-order valence-electron chi connectivity index (χ2n) is 3.93. The molecule has 0 heterocycles. The normalized spacial score (nSPS) is 10.3. The number of aromatic hydroxyl groups is 1. The average Bonchev–Trinajstić information content (AvgIpc) is 2.43. The fourth-order valence-electron chi connectivity index (χ4n) is 1.51. The van der Waals surface area contributed by atoms with Crippen LogP contribution in [0.25, 0.3) is 0 Å². The van der Waals surface area contributed by atoms with Crippen molar-refractivity contribution in [1.82, 2.24) is 0 Å². The van der Waals surface area contributed by atoms with Gasteiger partial charge >= 0.3 is 0 Å². The highest BCUT2D eigenvalue weighted by molar-refractivity contribution is 8.00. The monoisotopic (exact) mass is 327 g/mol. The smallest absolute Gasteiger partial charge is 0.234 e. The van der Waals surface area contributed by atoms with Gasteiger partial charge in [0, 0.05) is 9.92 Å². The van der Waals surface area contributed by atoms with E-state index in [1.54, 1.807) is 0 Å². The van der Waals surface area contributed by atoms with Crippen LogP contribution in [-0.2, 0) is 4.79 Å². The van der Waals surface area contributed by atoms with E-state index < -0.39 is 0 Å². The molecule has 0 saturated carbocycles. The fraction of sp³-hybridized carbons (Fsp3) is 0.0714. The molecule has 2 rings (SSSR count). The van der Waals surface area contributed by atoms with Crippen LogP contribution in [0.4, 0.5) is 5.69 Å². The lowest BCUT2D eigenvalue weighted by molar-refractivity contribution is -0.113. The number of halogens is 2. The number of thioether (sulfide) groups is 1. The number of phenolic OH excluding ortho intramolecular Hbond substituents is 1. The van der Waals surface area contributed by atoms with Crippen molar-refractivity contribution in [3.8, 4) is 5.75 Å². The van der Waals surface area contributed by atoms with Gasteiger partial charge in [-0.25, -0.2) is 0 Å². The van der Waals surface area contributed by atoms with Crippen LogP contribution < -0.4 is 5.32 Å². The maximum atomic E-state index is 11.8. The molecule has 0 radical (unpaired) electrons. The average molecular weight is 328 g/mol. The van der Waals surface area contributed by atoms with Gasteiger partial charge < -0.3 is 10.4 Å². The summed E-state index contributed by atoms with van der Waals surface area (Å²) >= 11 is 13.0. The molecule has 0 aliphatic rings. The number of rotatable bonds is 4. The van der Waals surface area contributed by atoms with E-state index in [4.69, 9.17) is 23.2 Å². The maximum Gasteiger partial charge on any atom is 0.234 e. The van der Waals surface area contributed by atoms with Crippen LogP contribution in [0.2, 0.25) is 10.0 Å². The summed E-state index contributed by atoms with van der Waals surface area (Å²) in [6.07, 6.45) is 0. The van der Waals surface area contributed by atoms with E-state index in [9.17, 15) is 9.90 Å². The minimum absolute atomic E-state index is 0.100. The summed E-state index contributed by atoms with van der Waals surface area (Å²) in [5, 5.41) is 12.8. The van der Waals surface area contributed by atoms with E-state index in [-0.39, 0.29) is 28.1 Å². The van der Waals surface area contributed by atoms with Crippen molar-refractivity contribution in [2.75, 3.05) is 11.1 Å². The van der Waals surface area contributed by atoms with Gasteiger partial charge in [-0.15, -0.1) is 11.8 Å². The third kappa shape index (κ3) is 4.07. The summed E-state index contributed by atoms with van der Waals surface area (Å²) in [6, 6.07) is 12.4. The topological polar surface area (TPSA) is 49.3 Å². The lowest BCUT2D eigenvalue weighted by Gasteiger charge is -2.09. The first-order valence-corrected chi connectivity index (χ1v) is 7.46. The summed E-state index contributed by atoms with van der Waals surface area (Å²) in [6.45, 7) is 0. The van der Waals surface area contributed by atoms with Gasteiger partial charge in [-0.2, -0.15) is 0 Å². The second kappa shape index (κ2) is 6.88. The SMILES string of the molecule is O=C(CSc1ccccc1)Nc1cc(Cl)cc(Cl)c1O. The number of benzene rings is 2. The highest BCUT2D eigenvalue weighted by Gasteiger charge is 2.11. The first-order chi connectivity index (χ1) is 9.56. The Morgan fingerprint density at radius 1 is 1.20 bits per heavy atom. The molecule has 0 bridgehead atoms. The first-order valence-electron chi connectivity index (χ1n) is 5.72. The Kier molecular flexibility index (Phi) is 5.17. The number of anilines is 1. The minimum Gasteiger partial charge on any atom is -0.504 e. The Bertz CT molecular complexity index is 620. The molecule has 2 aromatic carbocycles. The zero-order valence-corrected chi connectivity index (χ0v) is 12.6. The van der Waals surface area contributed by atoms with E-state index >= 15 is 0 Å². The van der Waals surface area contributed by atoms with Gasteiger partial charge in [-0.1, -0.05) is 41.4 Å². The quantitative estimate of drug-likeness (QED) is 0.645. The number of nitrogens with one attached hydrogen (secondary N) is 1. The highest BCUT2D eigenvalue weighted by Crippen LogP contribution is 2.35. The first kappa shape index (κ1) is 15.0. The third-order valence-corrected chi connectivity index (χ3v) is 3.93. The molecule has 3 nitrogen and oxygen atoms in total. The van der Waals surface area contributed by atoms with Crippen LogP contribution in [0.5, 0.6) is 5.75 Å². The van der Waals surface area contributed by atoms with Gasteiger partial charge in [0.15, 0.2) is 5.75 Å². The fourth-order valence-corrected chi connectivity index (χ4v) is 2.73. The predicted octanol–water partition coefficient (Wildman–Crippen LogP) is 4.43. The van der Waals surface area contributed by atoms with Crippen LogP contribution in [-0.4, -0.2) is 16.8 Å². The molecule has 0 aliphatic heterocycles. The van der Waals surface area contributed by atoms with Crippen molar-refractivity contribution < 1.29 is 9.90 Å². The lowest BCUT2D eigenvalue weighted by Crippen LogP contribution is -2.14. The second-order valence-corrected chi connectivity index (χ2v) is 5.83. The zero-order valence-electron chi connectivity index (χ0n) is 10.3. The molecule has 2 N–H and O–H groups in total. The van der Waals surface area contributed by atoms with E-state index in [0.29, 0.717) is 5.02 Å². The van der Waals surface area contributed by atoms with Crippen molar-refractivity contribution in [2.45, 2.75) is 4.90 Å². The summed E-state index contributed by atoms with van der Waals surface area (Å²) < 4.78 is 0. The van der Waals surface area contributed by atoms with E-state index in [1.807, 2.05) is 30.3 Å². The summed E-state index contributed by atoms with van der Waals surface area (Å²) in [4.78, 5) is 12.8. The van der Waals surface area contributed by atoms with Crippen molar-refractivity contribution >= 4 is 46.6 Å².